The Kier molecular flexibility index (Phi) is 3.57. The molecule has 0 saturated carbocycles. The molecule has 0 bridgehead atoms. The second-order valence-electron chi connectivity index (χ2n) is 4.05. The van der Waals surface area contributed by atoms with Gasteiger partial charge in [0.25, 0.3) is 0 Å². The van der Waals surface area contributed by atoms with Crippen molar-refractivity contribution in [1.82, 2.24) is 5.43 Å². The second kappa shape index (κ2) is 4.96. The zero-order valence-electron chi connectivity index (χ0n) is 9.83. The number of hydrazine groups is 1. The van der Waals surface area contributed by atoms with Crippen molar-refractivity contribution in [3.63, 3.8) is 0 Å². The molecule has 4 heteroatoms. The van der Waals surface area contributed by atoms with Gasteiger partial charge >= 0.3 is 0 Å². The number of rotatable bonds is 3. The Morgan fingerprint density at radius 3 is 2.53 bits per heavy atom. The van der Waals surface area contributed by atoms with Gasteiger partial charge in [-0.2, -0.15) is 0 Å². The Morgan fingerprint density at radius 1 is 1.24 bits per heavy atom. The third-order valence-corrected chi connectivity index (χ3v) is 3.82. The number of benzene rings is 1. The average molecular weight is 250 g/mol. The van der Waals surface area contributed by atoms with E-state index >= 15 is 0 Å². The zero-order valence-corrected chi connectivity index (χ0v) is 10.6. The van der Waals surface area contributed by atoms with Gasteiger partial charge in [0.2, 0.25) is 0 Å². The fourth-order valence-electron chi connectivity index (χ4n) is 1.90. The van der Waals surface area contributed by atoms with Gasteiger partial charge in [0.05, 0.1) is 6.04 Å². The monoisotopic (exact) mass is 250 g/mol. The Bertz CT molecular complexity index is 522. The van der Waals surface area contributed by atoms with Gasteiger partial charge in [-0.1, -0.05) is 6.07 Å². The molecule has 90 valence electrons. The van der Waals surface area contributed by atoms with Gasteiger partial charge in [-0.15, -0.1) is 11.3 Å². The largest absolute Gasteiger partial charge is 0.271 e. The van der Waals surface area contributed by atoms with Crippen molar-refractivity contribution in [2.75, 3.05) is 0 Å². The predicted octanol–water partition coefficient (Wildman–Crippen LogP) is 3.06. The first kappa shape index (κ1) is 12.2. The summed E-state index contributed by atoms with van der Waals surface area (Å²) in [6.07, 6.45) is 0. The molecule has 1 aromatic carbocycles. The number of aryl methyl sites for hydroxylation is 2. The van der Waals surface area contributed by atoms with E-state index in [0.29, 0.717) is 0 Å². The normalized spacial score (nSPS) is 12.7. The van der Waals surface area contributed by atoms with Gasteiger partial charge in [-0.25, -0.2) is 9.82 Å². The van der Waals surface area contributed by atoms with Crippen LogP contribution in [0.25, 0.3) is 0 Å². The Morgan fingerprint density at radius 2 is 2.00 bits per heavy atom. The van der Waals surface area contributed by atoms with Crippen LogP contribution in [-0.2, 0) is 0 Å². The Labute approximate surface area is 104 Å². The molecule has 0 aliphatic carbocycles. The molecule has 0 spiro atoms. The molecule has 1 heterocycles. The first-order valence-electron chi connectivity index (χ1n) is 5.40. The van der Waals surface area contributed by atoms with Gasteiger partial charge in [0.15, 0.2) is 0 Å². The highest BCUT2D eigenvalue weighted by Gasteiger charge is 2.16. The van der Waals surface area contributed by atoms with Crippen molar-refractivity contribution >= 4 is 11.3 Å². The van der Waals surface area contributed by atoms with Gasteiger partial charge < -0.3 is 0 Å². The van der Waals surface area contributed by atoms with Crippen LogP contribution in [0.15, 0.2) is 30.3 Å². The van der Waals surface area contributed by atoms with Crippen LogP contribution in [0.2, 0.25) is 0 Å². The van der Waals surface area contributed by atoms with Crippen molar-refractivity contribution in [1.29, 1.82) is 0 Å². The molecule has 1 unspecified atom stereocenters. The van der Waals surface area contributed by atoms with Crippen molar-refractivity contribution in [3.05, 3.63) is 57.0 Å². The minimum absolute atomic E-state index is 0.0747. The van der Waals surface area contributed by atoms with Crippen LogP contribution in [-0.4, -0.2) is 0 Å². The summed E-state index contributed by atoms with van der Waals surface area (Å²) in [6.45, 7) is 3.95. The summed E-state index contributed by atoms with van der Waals surface area (Å²) in [4.78, 5) is 2.37. The smallest absolute Gasteiger partial charge is 0.123 e. The summed E-state index contributed by atoms with van der Waals surface area (Å²) in [5, 5.41) is 0. The lowest BCUT2D eigenvalue weighted by Gasteiger charge is -2.17. The van der Waals surface area contributed by atoms with Gasteiger partial charge in [-0.3, -0.25) is 5.84 Å². The van der Waals surface area contributed by atoms with Crippen LogP contribution < -0.4 is 11.3 Å². The summed E-state index contributed by atoms with van der Waals surface area (Å²) in [5.74, 6) is 5.40. The maximum atomic E-state index is 13.1. The summed E-state index contributed by atoms with van der Waals surface area (Å²) in [7, 11) is 0. The lowest BCUT2D eigenvalue weighted by molar-refractivity contribution is 0.615. The van der Waals surface area contributed by atoms with Crippen molar-refractivity contribution < 1.29 is 4.39 Å². The number of thiophene rings is 1. The van der Waals surface area contributed by atoms with E-state index in [0.717, 1.165) is 16.0 Å². The Balaban J connectivity index is 2.42. The van der Waals surface area contributed by atoms with E-state index in [4.69, 9.17) is 5.84 Å². The van der Waals surface area contributed by atoms with E-state index in [2.05, 4.69) is 18.4 Å². The molecule has 0 aliphatic rings. The summed E-state index contributed by atoms with van der Waals surface area (Å²) in [5.41, 5.74) is 4.71. The van der Waals surface area contributed by atoms with Crippen molar-refractivity contribution in [3.8, 4) is 0 Å². The summed E-state index contributed by atoms with van der Waals surface area (Å²) in [6, 6.07) is 8.81. The van der Waals surface area contributed by atoms with Crippen LogP contribution >= 0.6 is 11.3 Å². The SMILES string of the molecule is Cc1ccc(C(NN)c2ccc(F)cc2C)s1. The van der Waals surface area contributed by atoms with E-state index < -0.39 is 0 Å². The summed E-state index contributed by atoms with van der Waals surface area (Å²) < 4.78 is 13.1. The Hall–Kier alpha value is -1.23. The van der Waals surface area contributed by atoms with Gasteiger partial charge in [-0.05, 0) is 49.2 Å². The highest BCUT2D eigenvalue weighted by molar-refractivity contribution is 7.12. The quantitative estimate of drug-likeness (QED) is 0.649. The van der Waals surface area contributed by atoms with Gasteiger partial charge in [0.1, 0.15) is 5.82 Å². The van der Waals surface area contributed by atoms with Crippen LogP contribution in [0.3, 0.4) is 0 Å². The van der Waals surface area contributed by atoms with Crippen LogP contribution in [0.5, 0.6) is 0 Å². The third-order valence-electron chi connectivity index (χ3n) is 2.76. The maximum absolute atomic E-state index is 13.1. The highest BCUT2D eigenvalue weighted by Crippen LogP contribution is 2.29. The van der Waals surface area contributed by atoms with E-state index in [1.807, 2.05) is 13.0 Å². The molecule has 2 rings (SSSR count). The summed E-state index contributed by atoms with van der Waals surface area (Å²) >= 11 is 1.69. The maximum Gasteiger partial charge on any atom is 0.123 e. The number of hydrogen-bond donors (Lipinski definition) is 2. The van der Waals surface area contributed by atoms with Crippen LogP contribution in [0, 0.1) is 19.7 Å². The minimum Gasteiger partial charge on any atom is -0.271 e. The number of nitrogens with two attached hydrogens (primary N) is 1. The van der Waals surface area contributed by atoms with Gasteiger partial charge in [0, 0.05) is 9.75 Å². The lowest BCUT2D eigenvalue weighted by Crippen LogP contribution is -2.28. The third kappa shape index (κ3) is 2.54. The number of halogens is 1. The molecule has 0 radical (unpaired) electrons. The second-order valence-corrected chi connectivity index (χ2v) is 5.37. The molecular weight excluding hydrogens is 235 g/mol. The molecule has 1 aromatic heterocycles. The molecule has 2 aromatic rings. The van der Waals surface area contributed by atoms with E-state index in [1.54, 1.807) is 17.4 Å². The van der Waals surface area contributed by atoms with Crippen LogP contribution in [0.1, 0.15) is 26.9 Å². The number of nitrogens with one attached hydrogen (secondary N) is 1. The lowest BCUT2D eigenvalue weighted by atomic mass is 10.0. The molecule has 1 atom stereocenters. The van der Waals surface area contributed by atoms with E-state index in [1.165, 1.54) is 17.0 Å². The first-order valence-corrected chi connectivity index (χ1v) is 6.22. The molecule has 0 saturated heterocycles. The van der Waals surface area contributed by atoms with E-state index in [9.17, 15) is 4.39 Å². The molecular formula is C13H15FN2S. The fraction of sp³-hybridized carbons (Fsp3) is 0.231. The number of hydrogen-bond acceptors (Lipinski definition) is 3. The zero-order chi connectivity index (χ0) is 12.4. The predicted molar refractivity (Wildman–Crippen MR) is 69.4 cm³/mol. The molecule has 0 aliphatic heterocycles. The highest BCUT2D eigenvalue weighted by atomic mass is 32.1. The van der Waals surface area contributed by atoms with E-state index in [-0.39, 0.29) is 11.9 Å². The molecule has 17 heavy (non-hydrogen) atoms. The van der Waals surface area contributed by atoms with Crippen molar-refractivity contribution in [2.24, 2.45) is 5.84 Å². The molecule has 3 N–H and O–H groups in total. The average Bonchev–Trinajstić information content (AvgIpc) is 2.69. The molecule has 0 amide bonds. The standard InChI is InChI=1S/C13H15FN2S/c1-8-7-10(14)4-5-11(8)13(16-15)12-6-3-9(2)17-12/h3-7,13,16H,15H2,1-2H3. The minimum atomic E-state index is -0.218. The molecule has 0 fully saturated rings. The topological polar surface area (TPSA) is 38.0 Å². The van der Waals surface area contributed by atoms with Crippen LogP contribution in [0.4, 0.5) is 4.39 Å². The molecule has 2 nitrogen and oxygen atoms in total. The van der Waals surface area contributed by atoms with Crippen molar-refractivity contribution in [2.45, 2.75) is 19.9 Å². The fourth-order valence-corrected chi connectivity index (χ4v) is 2.85. The first-order chi connectivity index (χ1) is 8.11.